The molecule has 1 aromatic carbocycles. The average Bonchev–Trinajstić information content (AvgIpc) is 2.42. The molecule has 0 bridgehead atoms. The Morgan fingerprint density at radius 1 is 1.20 bits per heavy atom. The van der Waals surface area contributed by atoms with Gasteiger partial charge >= 0.3 is 6.18 Å². The summed E-state index contributed by atoms with van der Waals surface area (Å²) in [6.07, 6.45) is -2.80. The SMILES string of the molecule is CNC(CCCC(F)(F)F)c1cnc2ccccc2n1. The van der Waals surface area contributed by atoms with E-state index in [0.29, 0.717) is 12.1 Å². The van der Waals surface area contributed by atoms with E-state index in [9.17, 15) is 13.2 Å². The third-order valence-electron chi connectivity index (χ3n) is 3.13. The molecule has 0 spiro atoms. The largest absolute Gasteiger partial charge is 0.389 e. The number of aromatic nitrogens is 2. The molecular weight excluding hydrogens is 267 g/mol. The van der Waals surface area contributed by atoms with E-state index < -0.39 is 12.6 Å². The molecule has 0 aliphatic rings. The monoisotopic (exact) mass is 283 g/mol. The second-order valence-electron chi connectivity index (χ2n) is 4.63. The van der Waals surface area contributed by atoms with Crippen LogP contribution in [-0.4, -0.2) is 23.2 Å². The van der Waals surface area contributed by atoms with Crippen molar-refractivity contribution in [1.29, 1.82) is 0 Å². The fourth-order valence-corrected chi connectivity index (χ4v) is 2.09. The van der Waals surface area contributed by atoms with E-state index in [1.54, 1.807) is 13.2 Å². The van der Waals surface area contributed by atoms with Gasteiger partial charge in [0.2, 0.25) is 0 Å². The van der Waals surface area contributed by atoms with Gasteiger partial charge in [-0.05, 0) is 32.0 Å². The van der Waals surface area contributed by atoms with Crippen LogP contribution in [0.15, 0.2) is 30.5 Å². The van der Waals surface area contributed by atoms with E-state index in [1.807, 2.05) is 24.3 Å². The molecule has 0 saturated carbocycles. The molecule has 3 nitrogen and oxygen atoms in total. The first-order valence-corrected chi connectivity index (χ1v) is 6.45. The fraction of sp³-hybridized carbons (Fsp3) is 0.429. The minimum atomic E-state index is -4.10. The first-order valence-electron chi connectivity index (χ1n) is 6.45. The first kappa shape index (κ1) is 14.7. The summed E-state index contributed by atoms with van der Waals surface area (Å²) in [6, 6.07) is 7.21. The first-order chi connectivity index (χ1) is 9.49. The molecule has 1 aromatic heterocycles. The number of fused-ring (bicyclic) bond motifs is 1. The molecule has 1 atom stereocenters. The van der Waals surface area contributed by atoms with Gasteiger partial charge in [0.1, 0.15) is 0 Å². The zero-order valence-corrected chi connectivity index (χ0v) is 11.1. The molecule has 1 N–H and O–H groups in total. The maximum Gasteiger partial charge on any atom is 0.389 e. The third-order valence-corrected chi connectivity index (χ3v) is 3.13. The van der Waals surface area contributed by atoms with Gasteiger partial charge < -0.3 is 5.32 Å². The van der Waals surface area contributed by atoms with Crippen LogP contribution in [0.4, 0.5) is 13.2 Å². The van der Waals surface area contributed by atoms with Crippen molar-refractivity contribution in [2.24, 2.45) is 0 Å². The second-order valence-corrected chi connectivity index (χ2v) is 4.63. The normalized spacial score (nSPS) is 13.6. The molecule has 20 heavy (non-hydrogen) atoms. The van der Waals surface area contributed by atoms with Crippen LogP contribution in [0.2, 0.25) is 0 Å². The molecule has 108 valence electrons. The molecule has 0 aliphatic carbocycles. The molecule has 2 aromatic rings. The summed E-state index contributed by atoms with van der Waals surface area (Å²) in [5, 5.41) is 3.00. The zero-order chi connectivity index (χ0) is 14.6. The van der Waals surface area contributed by atoms with Gasteiger partial charge in [-0.3, -0.25) is 4.98 Å². The van der Waals surface area contributed by atoms with Crippen molar-refractivity contribution in [3.63, 3.8) is 0 Å². The highest BCUT2D eigenvalue weighted by molar-refractivity contribution is 5.73. The number of hydrogen-bond donors (Lipinski definition) is 1. The van der Waals surface area contributed by atoms with Gasteiger partial charge in [0.05, 0.1) is 29.0 Å². The van der Waals surface area contributed by atoms with Gasteiger partial charge in [-0.25, -0.2) is 4.98 Å². The van der Waals surface area contributed by atoms with Gasteiger partial charge in [0.15, 0.2) is 0 Å². The summed E-state index contributed by atoms with van der Waals surface area (Å²) in [4.78, 5) is 8.74. The summed E-state index contributed by atoms with van der Waals surface area (Å²) in [6.45, 7) is 0. The lowest BCUT2D eigenvalue weighted by Gasteiger charge is -2.16. The lowest BCUT2D eigenvalue weighted by atomic mass is 10.1. The number of rotatable bonds is 5. The Balaban J connectivity index is 2.09. The second kappa shape index (κ2) is 6.17. The smallest absolute Gasteiger partial charge is 0.312 e. The van der Waals surface area contributed by atoms with Crippen molar-refractivity contribution < 1.29 is 13.2 Å². The summed E-state index contributed by atoms with van der Waals surface area (Å²) < 4.78 is 36.5. The minimum Gasteiger partial charge on any atom is -0.312 e. The van der Waals surface area contributed by atoms with Crippen LogP contribution in [0.1, 0.15) is 31.0 Å². The van der Waals surface area contributed by atoms with Crippen molar-refractivity contribution in [3.05, 3.63) is 36.2 Å². The highest BCUT2D eigenvalue weighted by atomic mass is 19.4. The topological polar surface area (TPSA) is 37.8 Å². The molecule has 0 radical (unpaired) electrons. The van der Waals surface area contributed by atoms with Crippen molar-refractivity contribution >= 4 is 11.0 Å². The van der Waals surface area contributed by atoms with Crippen LogP contribution in [0.3, 0.4) is 0 Å². The van der Waals surface area contributed by atoms with Crippen LogP contribution in [0.25, 0.3) is 11.0 Å². The van der Waals surface area contributed by atoms with E-state index in [4.69, 9.17) is 0 Å². The van der Waals surface area contributed by atoms with Gasteiger partial charge in [-0.1, -0.05) is 12.1 Å². The minimum absolute atomic E-state index is 0.0729. The Hall–Kier alpha value is -1.69. The molecule has 0 saturated heterocycles. The predicted octanol–water partition coefficient (Wildman–Crippen LogP) is 3.62. The average molecular weight is 283 g/mol. The van der Waals surface area contributed by atoms with Crippen molar-refractivity contribution in [2.75, 3.05) is 7.05 Å². The summed E-state index contributed by atoms with van der Waals surface area (Å²) in [7, 11) is 1.72. The van der Waals surface area contributed by atoms with E-state index in [1.165, 1.54) is 0 Å². The zero-order valence-electron chi connectivity index (χ0n) is 11.1. The van der Waals surface area contributed by atoms with Crippen LogP contribution in [0.5, 0.6) is 0 Å². The fourth-order valence-electron chi connectivity index (χ4n) is 2.09. The summed E-state index contributed by atoms with van der Waals surface area (Å²) in [5.41, 5.74) is 2.20. The maximum atomic E-state index is 12.2. The molecular formula is C14H16F3N3. The van der Waals surface area contributed by atoms with Crippen molar-refractivity contribution in [1.82, 2.24) is 15.3 Å². The molecule has 1 unspecified atom stereocenters. The highest BCUT2D eigenvalue weighted by Gasteiger charge is 2.27. The third kappa shape index (κ3) is 3.90. The summed E-state index contributed by atoms with van der Waals surface area (Å²) >= 11 is 0. The molecule has 0 aliphatic heterocycles. The number of benzene rings is 1. The lowest BCUT2D eigenvalue weighted by molar-refractivity contribution is -0.135. The Morgan fingerprint density at radius 3 is 2.55 bits per heavy atom. The molecule has 0 amide bonds. The van der Waals surface area contributed by atoms with E-state index in [0.717, 1.165) is 11.0 Å². The number of nitrogens with one attached hydrogen (secondary N) is 1. The van der Waals surface area contributed by atoms with Gasteiger partial charge in [0, 0.05) is 6.42 Å². The van der Waals surface area contributed by atoms with Crippen molar-refractivity contribution in [2.45, 2.75) is 31.5 Å². The Bertz CT molecular complexity index is 569. The molecule has 0 fully saturated rings. The van der Waals surface area contributed by atoms with E-state index in [-0.39, 0.29) is 12.5 Å². The maximum absolute atomic E-state index is 12.2. The predicted molar refractivity (Wildman–Crippen MR) is 71.2 cm³/mol. The highest BCUT2D eigenvalue weighted by Crippen LogP contribution is 2.25. The Morgan fingerprint density at radius 2 is 1.90 bits per heavy atom. The van der Waals surface area contributed by atoms with E-state index >= 15 is 0 Å². The molecule has 6 heteroatoms. The number of alkyl halides is 3. The van der Waals surface area contributed by atoms with Crippen LogP contribution >= 0.6 is 0 Å². The quantitative estimate of drug-likeness (QED) is 0.910. The van der Waals surface area contributed by atoms with E-state index in [2.05, 4.69) is 15.3 Å². The van der Waals surface area contributed by atoms with Gasteiger partial charge in [0.25, 0.3) is 0 Å². The Kier molecular flexibility index (Phi) is 4.54. The summed E-state index contributed by atoms with van der Waals surface area (Å²) in [5.74, 6) is 0. The number of hydrogen-bond acceptors (Lipinski definition) is 3. The Labute approximate surface area is 115 Å². The van der Waals surface area contributed by atoms with Crippen LogP contribution in [-0.2, 0) is 0 Å². The van der Waals surface area contributed by atoms with Gasteiger partial charge in [-0.2, -0.15) is 13.2 Å². The number of halogens is 3. The number of para-hydroxylation sites is 2. The van der Waals surface area contributed by atoms with Crippen LogP contribution in [0, 0.1) is 0 Å². The molecule has 1 heterocycles. The van der Waals surface area contributed by atoms with Gasteiger partial charge in [-0.15, -0.1) is 0 Å². The lowest BCUT2D eigenvalue weighted by Crippen LogP contribution is -2.19. The van der Waals surface area contributed by atoms with Crippen molar-refractivity contribution in [3.8, 4) is 0 Å². The number of nitrogens with zero attached hydrogens (tertiary/aromatic N) is 2. The van der Waals surface area contributed by atoms with Crippen LogP contribution < -0.4 is 5.32 Å². The molecule has 2 rings (SSSR count). The standard InChI is InChI=1S/C14H16F3N3/c1-18-10(7-4-8-14(15,16)17)13-9-19-11-5-2-3-6-12(11)20-13/h2-3,5-6,9-10,18H,4,7-8H2,1H3.